The lowest BCUT2D eigenvalue weighted by molar-refractivity contribution is 0.0696. The van der Waals surface area contributed by atoms with E-state index in [1.54, 1.807) is 6.07 Å². The zero-order valence-corrected chi connectivity index (χ0v) is 10.9. The highest BCUT2D eigenvalue weighted by Crippen LogP contribution is 2.24. The number of hydrogen-bond acceptors (Lipinski definition) is 2. The lowest BCUT2D eigenvalue weighted by Crippen LogP contribution is -2.19. The van der Waals surface area contributed by atoms with E-state index in [9.17, 15) is 4.79 Å². The summed E-state index contributed by atoms with van der Waals surface area (Å²) in [5.74, 6) is -0.850. The van der Waals surface area contributed by atoms with Gasteiger partial charge in [-0.05, 0) is 37.5 Å². The van der Waals surface area contributed by atoms with Gasteiger partial charge in [0.2, 0.25) is 0 Å². The average Bonchev–Trinajstić information content (AvgIpc) is 2.60. The molecule has 2 N–H and O–H groups in total. The van der Waals surface area contributed by atoms with Gasteiger partial charge in [-0.15, -0.1) is 0 Å². The number of aromatic carboxylic acids is 1. The molecule has 0 amide bonds. The fourth-order valence-corrected chi connectivity index (χ4v) is 2.67. The Morgan fingerprint density at radius 3 is 2.50 bits per heavy atom. The van der Waals surface area contributed by atoms with Gasteiger partial charge in [-0.2, -0.15) is 0 Å². The first-order valence-corrected chi connectivity index (χ1v) is 6.78. The van der Waals surface area contributed by atoms with Gasteiger partial charge in [-0.3, -0.25) is 0 Å². The monoisotopic (exact) mass is 247 g/mol. The topological polar surface area (TPSA) is 49.3 Å². The van der Waals surface area contributed by atoms with Crippen LogP contribution in [0.3, 0.4) is 0 Å². The Balaban J connectivity index is 2.13. The molecular weight excluding hydrogens is 226 g/mol. The van der Waals surface area contributed by atoms with E-state index >= 15 is 0 Å². The van der Waals surface area contributed by atoms with Crippen LogP contribution in [0.4, 0.5) is 5.69 Å². The van der Waals surface area contributed by atoms with Crippen molar-refractivity contribution in [2.24, 2.45) is 0 Å². The van der Waals surface area contributed by atoms with Gasteiger partial charge < -0.3 is 10.4 Å². The Labute approximate surface area is 108 Å². The van der Waals surface area contributed by atoms with E-state index in [0.717, 1.165) is 11.3 Å². The molecule has 18 heavy (non-hydrogen) atoms. The second kappa shape index (κ2) is 5.89. The SMILES string of the molecule is Cc1c(NC2CCCCCC2)cccc1C(=O)O. The molecule has 0 unspecified atom stereocenters. The molecule has 0 saturated heterocycles. The van der Waals surface area contributed by atoms with Crippen LogP contribution < -0.4 is 5.32 Å². The van der Waals surface area contributed by atoms with Crippen LogP contribution in [0.5, 0.6) is 0 Å². The maximum Gasteiger partial charge on any atom is 0.336 e. The van der Waals surface area contributed by atoms with Gasteiger partial charge in [-0.1, -0.05) is 31.7 Å². The zero-order valence-electron chi connectivity index (χ0n) is 10.9. The summed E-state index contributed by atoms with van der Waals surface area (Å²) in [6.45, 7) is 1.88. The molecule has 0 heterocycles. The zero-order chi connectivity index (χ0) is 13.0. The van der Waals surface area contributed by atoms with Crippen LogP contribution in [0.15, 0.2) is 18.2 Å². The van der Waals surface area contributed by atoms with Crippen molar-refractivity contribution in [3.63, 3.8) is 0 Å². The van der Waals surface area contributed by atoms with Crippen molar-refractivity contribution < 1.29 is 9.90 Å². The Morgan fingerprint density at radius 2 is 1.89 bits per heavy atom. The van der Waals surface area contributed by atoms with Crippen molar-refractivity contribution in [3.8, 4) is 0 Å². The van der Waals surface area contributed by atoms with Crippen LogP contribution in [-0.4, -0.2) is 17.1 Å². The minimum Gasteiger partial charge on any atom is -0.478 e. The van der Waals surface area contributed by atoms with E-state index in [1.165, 1.54) is 38.5 Å². The molecule has 0 aromatic heterocycles. The highest BCUT2D eigenvalue weighted by molar-refractivity contribution is 5.91. The van der Waals surface area contributed by atoms with Crippen molar-refractivity contribution >= 4 is 11.7 Å². The first-order valence-electron chi connectivity index (χ1n) is 6.78. The molecule has 0 bridgehead atoms. The third kappa shape index (κ3) is 3.03. The molecule has 1 aromatic rings. The summed E-state index contributed by atoms with van der Waals surface area (Å²) in [5.41, 5.74) is 2.21. The summed E-state index contributed by atoms with van der Waals surface area (Å²) >= 11 is 0. The Morgan fingerprint density at radius 1 is 1.22 bits per heavy atom. The van der Waals surface area contributed by atoms with E-state index in [4.69, 9.17) is 5.11 Å². The molecular formula is C15H21NO2. The summed E-state index contributed by atoms with van der Waals surface area (Å²) in [7, 11) is 0. The van der Waals surface area contributed by atoms with E-state index in [0.29, 0.717) is 11.6 Å². The first-order chi connectivity index (χ1) is 8.68. The van der Waals surface area contributed by atoms with Crippen molar-refractivity contribution in [2.45, 2.75) is 51.5 Å². The smallest absolute Gasteiger partial charge is 0.336 e. The van der Waals surface area contributed by atoms with Crippen molar-refractivity contribution in [1.29, 1.82) is 0 Å². The van der Waals surface area contributed by atoms with Gasteiger partial charge in [0.15, 0.2) is 0 Å². The maximum atomic E-state index is 11.1. The van der Waals surface area contributed by atoms with Crippen LogP contribution in [-0.2, 0) is 0 Å². The number of benzene rings is 1. The first kappa shape index (κ1) is 12.9. The van der Waals surface area contributed by atoms with Crippen LogP contribution in [0.2, 0.25) is 0 Å². The molecule has 1 aliphatic rings. The van der Waals surface area contributed by atoms with Gasteiger partial charge in [-0.25, -0.2) is 4.79 Å². The average molecular weight is 247 g/mol. The van der Waals surface area contributed by atoms with Gasteiger partial charge in [0.25, 0.3) is 0 Å². The number of hydrogen-bond donors (Lipinski definition) is 2. The highest BCUT2D eigenvalue weighted by Gasteiger charge is 2.15. The van der Waals surface area contributed by atoms with Crippen LogP contribution in [0.1, 0.15) is 54.4 Å². The number of carboxylic acids is 1. The lowest BCUT2D eigenvalue weighted by atomic mass is 10.0. The fraction of sp³-hybridized carbons (Fsp3) is 0.533. The molecule has 1 fully saturated rings. The summed E-state index contributed by atoms with van der Waals surface area (Å²) in [5, 5.41) is 12.6. The van der Waals surface area contributed by atoms with Gasteiger partial charge >= 0.3 is 5.97 Å². The van der Waals surface area contributed by atoms with Crippen LogP contribution >= 0.6 is 0 Å². The highest BCUT2D eigenvalue weighted by atomic mass is 16.4. The number of rotatable bonds is 3. The molecule has 0 radical (unpaired) electrons. The second-order valence-electron chi connectivity index (χ2n) is 5.12. The van der Waals surface area contributed by atoms with Crippen LogP contribution in [0, 0.1) is 6.92 Å². The van der Waals surface area contributed by atoms with E-state index < -0.39 is 5.97 Å². The van der Waals surface area contributed by atoms with Crippen molar-refractivity contribution in [2.75, 3.05) is 5.32 Å². The van der Waals surface area contributed by atoms with Crippen LogP contribution in [0.25, 0.3) is 0 Å². The van der Waals surface area contributed by atoms with Gasteiger partial charge in [0.05, 0.1) is 5.56 Å². The van der Waals surface area contributed by atoms with Crippen molar-refractivity contribution in [1.82, 2.24) is 0 Å². The normalized spacial score (nSPS) is 17.2. The minimum atomic E-state index is -0.850. The molecule has 0 spiro atoms. The molecule has 3 heteroatoms. The molecule has 0 aliphatic heterocycles. The summed E-state index contributed by atoms with van der Waals surface area (Å²) in [6, 6.07) is 5.95. The van der Waals surface area contributed by atoms with Crippen molar-refractivity contribution in [3.05, 3.63) is 29.3 Å². The Bertz CT molecular complexity index is 421. The van der Waals surface area contributed by atoms with E-state index in [-0.39, 0.29) is 0 Å². The second-order valence-corrected chi connectivity index (χ2v) is 5.12. The molecule has 0 atom stereocenters. The summed E-state index contributed by atoms with van der Waals surface area (Å²) in [4.78, 5) is 11.1. The number of carbonyl (C=O) groups is 1. The third-order valence-electron chi connectivity index (χ3n) is 3.78. The Kier molecular flexibility index (Phi) is 4.24. The number of carboxylic acid groups (broad SMARTS) is 1. The number of nitrogens with one attached hydrogen (secondary N) is 1. The Hall–Kier alpha value is -1.51. The standard InChI is InChI=1S/C15H21NO2/c1-11-13(15(17)18)9-6-10-14(11)16-12-7-4-2-3-5-8-12/h6,9-10,12,16H,2-5,7-8H2,1H3,(H,17,18). The molecule has 3 nitrogen and oxygen atoms in total. The number of anilines is 1. The van der Waals surface area contributed by atoms with Gasteiger partial charge in [0.1, 0.15) is 0 Å². The third-order valence-corrected chi connectivity index (χ3v) is 3.78. The molecule has 1 aliphatic carbocycles. The molecule has 98 valence electrons. The fourth-order valence-electron chi connectivity index (χ4n) is 2.67. The predicted molar refractivity (Wildman–Crippen MR) is 73.3 cm³/mol. The predicted octanol–water partition coefficient (Wildman–Crippen LogP) is 3.83. The summed E-state index contributed by atoms with van der Waals surface area (Å²) in [6.07, 6.45) is 7.58. The molecule has 1 aromatic carbocycles. The minimum absolute atomic E-state index is 0.397. The molecule has 2 rings (SSSR count). The lowest BCUT2D eigenvalue weighted by Gasteiger charge is -2.20. The van der Waals surface area contributed by atoms with Gasteiger partial charge in [0, 0.05) is 11.7 Å². The maximum absolute atomic E-state index is 11.1. The largest absolute Gasteiger partial charge is 0.478 e. The van der Waals surface area contributed by atoms with E-state index in [1.807, 2.05) is 19.1 Å². The summed E-state index contributed by atoms with van der Waals surface area (Å²) < 4.78 is 0. The molecule has 1 saturated carbocycles. The van der Waals surface area contributed by atoms with E-state index in [2.05, 4.69) is 5.32 Å². The quantitative estimate of drug-likeness (QED) is 0.798.